The fourth-order valence-corrected chi connectivity index (χ4v) is 1.92. The zero-order valence-electron chi connectivity index (χ0n) is 10.4. The highest BCUT2D eigenvalue weighted by molar-refractivity contribution is 6.22. The Labute approximate surface area is 109 Å². The molecular weight excluding hydrogens is 250 g/mol. The second kappa shape index (κ2) is 5.09. The van der Waals surface area contributed by atoms with Gasteiger partial charge in [-0.15, -0.1) is 0 Å². The minimum absolute atomic E-state index is 0.0344. The van der Waals surface area contributed by atoms with E-state index in [1.165, 1.54) is 18.2 Å². The van der Waals surface area contributed by atoms with E-state index < -0.39 is 10.9 Å². The van der Waals surface area contributed by atoms with Gasteiger partial charge in [-0.3, -0.25) is 10.1 Å². The fraction of sp³-hybridized carbons (Fsp3) is 0.308. The van der Waals surface area contributed by atoms with E-state index in [1.807, 2.05) is 6.92 Å². The van der Waals surface area contributed by atoms with Crippen molar-refractivity contribution in [1.29, 1.82) is 0 Å². The number of nitrogens with zero attached hydrogens (tertiary/aromatic N) is 1. The molecule has 0 fully saturated rings. The highest BCUT2D eigenvalue weighted by Gasteiger charge is 2.31. The van der Waals surface area contributed by atoms with Crippen molar-refractivity contribution in [2.45, 2.75) is 26.2 Å². The van der Waals surface area contributed by atoms with Gasteiger partial charge in [0, 0.05) is 24.1 Å². The SMILES string of the molecule is CCCC/C(O)=C1\C(=O)Oc2ccc([N+](=O)[O-])cc21. The maximum absolute atomic E-state index is 11.7. The number of hydrogen-bond acceptors (Lipinski definition) is 5. The van der Waals surface area contributed by atoms with Gasteiger partial charge >= 0.3 is 5.97 Å². The maximum Gasteiger partial charge on any atom is 0.347 e. The number of hydrogen-bond donors (Lipinski definition) is 1. The second-order valence-corrected chi connectivity index (χ2v) is 4.25. The Morgan fingerprint density at radius 1 is 1.47 bits per heavy atom. The Morgan fingerprint density at radius 3 is 2.84 bits per heavy atom. The molecule has 0 unspecified atom stereocenters. The van der Waals surface area contributed by atoms with Gasteiger partial charge in [0.05, 0.1) is 4.92 Å². The summed E-state index contributed by atoms with van der Waals surface area (Å²) in [4.78, 5) is 21.9. The van der Waals surface area contributed by atoms with Crippen molar-refractivity contribution in [2.75, 3.05) is 0 Å². The normalized spacial score (nSPS) is 15.9. The molecular formula is C13H13NO5. The van der Waals surface area contributed by atoms with E-state index >= 15 is 0 Å². The number of aliphatic hydroxyl groups excluding tert-OH is 1. The molecule has 1 aromatic carbocycles. The van der Waals surface area contributed by atoms with E-state index in [2.05, 4.69) is 0 Å². The summed E-state index contributed by atoms with van der Waals surface area (Å²) in [5, 5.41) is 20.7. The standard InChI is InChI=1S/C13H13NO5/c1-2-3-4-10(15)12-9-7-8(14(17)18)5-6-11(9)19-13(12)16/h5-7,15H,2-4H2,1H3/b12-10+. The zero-order valence-corrected chi connectivity index (χ0v) is 10.4. The van der Waals surface area contributed by atoms with Crippen LogP contribution in [0.4, 0.5) is 5.69 Å². The molecule has 19 heavy (non-hydrogen) atoms. The van der Waals surface area contributed by atoms with Crippen molar-refractivity contribution in [3.8, 4) is 5.75 Å². The largest absolute Gasteiger partial charge is 0.511 e. The summed E-state index contributed by atoms with van der Waals surface area (Å²) in [6.07, 6.45) is 1.95. The minimum atomic E-state index is -0.663. The first kappa shape index (κ1) is 13.1. The molecule has 1 aromatic rings. The number of aliphatic hydroxyl groups is 1. The summed E-state index contributed by atoms with van der Waals surface area (Å²) < 4.78 is 4.98. The molecule has 0 spiro atoms. The summed E-state index contributed by atoms with van der Waals surface area (Å²) in [6, 6.07) is 3.88. The molecule has 0 aliphatic carbocycles. The number of fused-ring (bicyclic) bond motifs is 1. The van der Waals surface area contributed by atoms with E-state index in [1.54, 1.807) is 0 Å². The molecule has 1 aliphatic rings. The Bertz CT molecular complexity index is 576. The van der Waals surface area contributed by atoms with Crippen molar-refractivity contribution in [1.82, 2.24) is 0 Å². The number of ether oxygens (including phenoxy) is 1. The monoisotopic (exact) mass is 263 g/mol. The second-order valence-electron chi connectivity index (χ2n) is 4.25. The van der Waals surface area contributed by atoms with Gasteiger partial charge in [-0.2, -0.15) is 0 Å². The quantitative estimate of drug-likeness (QED) is 0.225. The van der Waals surface area contributed by atoms with E-state index in [-0.39, 0.29) is 28.3 Å². The van der Waals surface area contributed by atoms with Crippen LogP contribution in [-0.4, -0.2) is 16.0 Å². The molecule has 0 bridgehead atoms. The van der Waals surface area contributed by atoms with Crippen LogP contribution in [0.15, 0.2) is 24.0 Å². The van der Waals surface area contributed by atoms with Crippen molar-refractivity contribution in [2.24, 2.45) is 0 Å². The van der Waals surface area contributed by atoms with Crippen molar-refractivity contribution < 1.29 is 19.6 Å². The van der Waals surface area contributed by atoms with E-state index in [0.29, 0.717) is 6.42 Å². The molecule has 1 N–H and O–H groups in total. The summed E-state index contributed by atoms with van der Waals surface area (Å²) in [7, 11) is 0. The number of allylic oxidation sites excluding steroid dienone is 1. The lowest BCUT2D eigenvalue weighted by atomic mass is 10.0. The molecule has 0 radical (unpaired) electrons. The Morgan fingerprint density at radius 2 is 2.21 bits per heavy atom. The van der Waals surface area contributed by atoms with Gasteiger partial charge < -0.3 is 9.84 Å². The predicted octanol–water partition coefficient (Wildman–Crippen LogP) is 2.97. The zero-order chi connectivity index (χ0) is 14.0. The molecule has 0 amide bonds. The average molecular weight is 263 g/mol. The number of esters is 1. The first-order chi connectivity index (χ1) is 9.04. The van der Waals surface area contributed by atoms with Gasteiger partial charge in [0.2, 0.25) is 0 Å². The number of unbranched alkanes of at least 4 members (excludes halogenated alkanes) is 1. The molecule has 0 saturated heterocycles. The van der Waals surface area contributed by atoms with Crippen LogP contribution in [0.3, 0.4) is 0 Å². The maximum atomic E-state index is 11.7. The summed E-state index contributed by atoms with van der Waals surface area (Å²) in [5.74, 6) is -0.496. The van der Waals surface area contributed by atoms with Gasteiger partial charge in [-0.05, 0) is 12.5 Å². The topological polar surface area (TPSA) is 89.7 Å². The molecule has 1 aliphatic heterocycles. The third kappa shape index (κ3) is 2.42. The van der Waals surface area contributed by atoms with Crippen LogP contribution in [-0.2, 0) is 4.79 Å². The van der Waals surface area contributed by atoms with Gasteiger partial charge in [0.25, 0.3) is 5.69 Å². The lowest BCUT2D eigenvalue weighted by molar-refractivity contribution is -0.384. The Balaban J connectivity index is 2.47. The molecule has 2 rings (SSSR count). The highest BCUT2D eigenvalue weighted by Crippen LogP contribution is 2.38. The number of nitro benzene ring substituents is 1. The number of carbonyl (C=O) groups excluding carboxylic acids is 1. The lowest BCUT2D eigenvalue weighted by Gasteiger charge is -2.02. The lowest BCUT2D eigenvalue weighted by Crippen LogP contribution is -2.03. The number of non-ortho nitro benzene ring substituents is 1. The predicted molar refractivity (Wildman–Crippen MR) is 67.8 cm³/mol. The summed E-state index contributed by atoms with van der Waals surface area (Å²) >= 11 is 0. The van der Waals surface area contributed by atoms with Crippen molar-refractivity contribution >= 4 is 17.2 Å². The Kier molecular flexibility index (Phi) is 3.50. The van der Waals surface area contributed by atoms with Crippen LogP contribution in [0, 0.1) is 10.1 Å². The Hall–Kier alpha value is -2.37. The molecule has 6 nitrogen and oxygen atoms in total. The first-order valence-electron chi connectivity index (χ1n) is 5.97. The van der Waals surface area contributed by atoms with E-state index in [4.69, 9.17) is 4.74 Å². The van der Waals surface area contributed by atoms with Crippen LogP contribution in [0.1, 0.15) is 31.7 Å². The van der Waals surface area contributed by atoms with Crippen LogP contribution in [0.25, 0.3) is 5.57 Å². The average Bonchev–Trinajstić information content (AvgIpc) is 2.70. The third-order valence-corrected chi connectivity index (χ3v) is 2.91. The van der Waals surface area contributed by atoms with E-state index in [0.717, 1.165) is 12.8 Å². The molecule has 6 heteroatoms. The van der Waals surface area contributed by atoms with E-state index in [9.17, 15) is 20.0 Å². The molecule has 1 heterocycles. The molecule has 100 valence electrons. The third-order valence-electron chi connectivity index (χ3n) is 2.91. The molecule has 0 saturated carbocycles. The van der Waals surface area contributed by atoms with Crippen LogP contribution in [0.2, 0.25) is 0 Å². The first-order valence-corrected chi connectivity index (χ1v) is 5.97. The van der Waals surface area contributed by atoms with Crippen LogP contribution >= 0.6 is 0 Å². The van der Waals surface area contributed by atoms with Crippen LogP contribution in [0.5, 0.6) is 5.75 Å². The molecule has 0 atom stereocenters. The highest BCUT2D eigenvalue weighted by atomic mass is 16.6. The van der Waals surface area contributed by atoms with Gasteiger partial charge in [0.15, 0.2) is 0 Å². The number of carbonyl (C=O) groups is 1. The number of rotatable bonds is 4. The minimum Gasteiger partial charge on any atom is -0.511 e. The van der Waals surface area contributed by atoms with Gasteiger partial charge in [-0.1, -0.05) is 13.3 Å². The van der Waals surface area contributed by atoms with Crippen LogP contribution < -0.4 is 4.74 Å². The fourth-order valence-electron chi connectivity index (χ4n) is 1.92. The van der Waals surface area contributed by atoms with Crippen molar-refractivity contribution in [3.63, 3.8) is 0 Å². The molecule has 0 aromatic heterocycles. The summed E-state index contributed by atoms with van der Waals surface area (Å²) in [5.41, 5.74) is 0.179. The summed E-state index contributed by atoms with van der Waals surface area (Å²) in [6.45, 7) is 1.96. The number of nitro groups is 1. The van der Waals surface area contributed by atoms with Gasteiger partial charge in [0.1, 0.15) is 17.1 Å². The number of benzene rings is 1. The van der Waals surface area contributed by atoms with Gasteiger partial charge in [-0.25, -0.2) is 4.79 Å². The van der Waals surface area contributed by atoms with Crippen molar-refractivity contribution in [3.05, 3.63) is 39.6 Å². The smallest absolute Gasteiger partial charge is 0.347 e.